The van der Waals surface area contributed by atoms with Gasteiger partial charge in [0.15, 0.2) is 0 Å². The van der Waals surface area contributed by atoms with E-state index in [0.717, 1.165) is 17.2 Å². The summed E-state index contributed by atoms with van der Waals surface area (Å²) in [5.41, 5.74) is 7.01. The van der Waals surface area contributed by atoms with Crippen LogP contribution in [-0.2, 0) is 11.3 Å². The standard InChI is InChI=1S/C14H18N4O2/c1-11-17-10-13(9-16-7-8-20-14(15)19)18(11)12-5-3-2-4-6-12/h2-6,10,16H,7-9H2,1H3,(H2,15,19). The molecular formula is C14H18N4O2. The topological polar surface area (TPSA) is 82.2 Å². The summed E-state index contributed by atoms with van der Waals surface area (Å²) in [6.07, 6.45) is 1.08. The Balaban J connectivity index is 1.98. The molecule has 1 aromatic heterocycles. The third-order valence-electron chi connectivity index (χ3n) is 2.85. The fourth-order valence-electron chi connectivity index (χ4n) is 1.99. The van der Waals surface area contributed by atoms with Gasteiger partial charge in [-0.1, -0.05) is 18.2 Å². The molecule has 0 atom stereocenters. The number of hydrogen-bond acceptors (Lipinski definition) is 4. The van der Waals surface area contributed by atoms with Crippen LogP contribution in [0.25, 0.3) is 5.69 Å². The number of rotatable bonds is 6. The summed E-state index contributed by atoms with van der Waals surface area (Å²) in [4.78, 5) is 14.8. The van der Waals surface area contributed by atoms with Gasteiger partial charge in [0.1, 0.15) is 12.4 Å². The van der Waals surface area contributed by atoms with Crippen molar-refractivity contribution in [3.05, 3.63) is 48.0 Å². The highest BCUT2D eigenvalue weighted by atomic mass is 16.5. The number of para-hydroxylation sites is 1. The van der Waals surface area contributed by atoms with E-state index in [2.05, 4.69) is 19.6 Å². The molecule has 6 heteroatoms. The van der Waals surface area contributed by atoms with Crippen molar-refractivity contribution in [1.29, 1.82) is 0 Å². The van der Waals surface area contributed by atoms with Gasteiger partial charge in [-0.05, 0) is 19.1 Å². The zero-order valence-corrected chi connectivity index (χ0v) is 11.4. The average Bonchev–Trinajstić information content (AvgIpc) is 2.80. The fourth-order valence-corrected chi connectivity index (χ4v) is 1.99. The van der Waals surface area contributed by atoms with E-state index >= 15 is 0 Å². The second-order valence-corrected chi connectivity index (χ2v) is 4.31. The predicted octanol–water partition coefficient (Wildman–Crippen LogP) is 1.37. The Hall–Kier alpha value is -2.34. The highest BCUT2D eigenvalue weighted by molar-refractivity contribution is 5.64. The van der Waals surface area contributed by atoms with E-state index in [0.29, 0.717) is 13.1 Å². The first kappa shape index (κ1) is 14.1. The molecule has 0 aliphatic carbocycles. The molecule has 2 aromatic rings. The maximum absolute atomic E-state index is 10.4. The van der Waals surface area contributed by atoms with Crippen LogP contribution in [0.4, 0.5) is 4.79 Å². The monoisotopic (exact) mass is 274 g/mol. The van der Waals surface area contributed by atoms with Crippen molar-refractivity contribution in [3.8, 4) is 5.69 Å². The van der Waals surface area contributed by atoms with Gasteiger partial charge in [-0.3, -0.25) is 4.57 Å². The molecule has 1 aromatic carbocycles. The summed E-state index contributed by atoms with van der Waals surface area (Å²) in [6, 6.07) is 10.0. The molecule has 2 rings (SSSR count). The summed E-state index contributed by atoms with van der Waals surface area (Å²) in [6.45, 7) is 3.40. The number of aromatic nitrogens is 2. The SMILES string of the molecule is Cc1ncc(CNCCOC(N)=O)n1-c1ccccc1. The van der Waals surface area contributed by atoms with E-state index in [9.17, 15) is 4.79 Å². The number of hydrogen-bond donors (Lipinski definition) is 2. The molecule has 1 heterocycles. The van der Waals surface area contributed by atoms with Crippen LogP contribution in [0.15, 0.2) is 36.5 Å². The number of aryl methyl sites for hydroxylation is 1. The summed E-state index contributed by atoms with van der Waals surface area (Å²) in [7, 11) is 0. The molecule has 0 saturated heterocycles. The van der Waals surface area contributed by atoms with E-state index in [4.69, 9.17) is 5.73 Å². The number of benzene rings is 1. The first-order valence-corrected chi connectivity index (χ1v) is 6.40. The van der Waals surface area contributed by atoms with Crippen LogP contribution >= 0.6 is 0 Å². The first-order chi connectivity index (χ1) is 9.68. The fraction of sp³-hybridized carbons (Fsp3) is 0.286. The van der Waals surface area contributed by atoms with Crippen LogP contribution in [0.5, 0.6) is 0 Å². The normalized spacial score (nSPS) is 10.4. The second kappa shape index (κ2) is 6.72. The summed E-state index contributed by atoms with van der Waals surface area (Å²) >= 11 is 0. The minimum Gasteiger partial charge on any atom is -0.448 e. The number of nitrogens with two attached hydrogens (primary N) is 1. The Morgan fingerprint density at radius 1 is 1.40 bits per heavy atom. The molecule has 0 fully saturated rings. The zero-order chi connectivity index (χ0) is 14.4. The van der Waals surface area contributed by atoms with Gasteiger partial charge in [0.05, 0.1) is 11.9 Å². The number of ether oxygens (including phenoxy) is 1. The largest absolute Gasteiger partial charge is 0.448 e. The minimum absolute atomic E-state index is 0.258. The number of amides is 1. The van der Waals surface area contributed by atoms with E-state index in [-0.39, 0.29) is 6.61 Å². The quantitative estimate of drug-likeness (QED) is 0.779. The summed E-state index contributed by atoms with van der Waals surface area (Å²) in [5, 5.41) is 3.19. The molecule has 0 aliphatic heterocycles. The Labute approximate surface area is 117 Å². The molecule has 6 nitrogen and oxygen atoms in total. The lowest BCUT2D eigenvalue weighted by molar-refractivity contribution is 0.157. The van der Waals surface area contributed by atoms with Gasteiger partial charge in [-0.25, -0.2) is 9.78 Å². The van der Waals surface area contributed by atoms with Crippen LogP contribution in [0.1, 0.15) is 11.5 Å². The van der Waals surface area contributed by atoms with Crippen molar-refractivity contribution in [3.63, 3.8) is 0 Å². The molecule has 3 N–H and O–H groups in total. The van der Waals surface area contributed by atoms with E-state index in [1.54, 1.807) is 0 Å². The molecular weight excluding hydrogens is 256 g/mol. The summed E-state index contributed by atoms with van der Waals surface area (Å²) in [5.74, 6) is 0.932. The van der Waals surface area contributed by atoms with Crippen molar-refractivity contribution < 1.29 is 9.53 Å². The van der Waals surface area contributed by atoms with Gasteiger partial charge in [-0.15, -0.1) is 0 Å². The maximum Gasteiger partial charge on any atom is 0.404 e. The van der Waals surface area contributed by atoms with Gasteiger partial charge >= 0.3 is 6.09 Å². The number of carbonyl (C=O) groups is 1. The van der Waals surface area contributed by atoms with Crippen LogP contribution < -0.4 is 11.1 Å². The highest BCUT2D eigenvalue weighted by Gasteiger charge is 2.07. The maximum atomic E-state index is 10.4. The molecule has 0 unspecified atom stereocenters. The number of nitrogens with one attached hydrogen (secondary N) is 1. The second-order valence-electron chi connectivity index (χ2n) is 4.31. The van der Waals surface area contributed by atoms with Crippen molar-refractivity contribution in [2.45, 2.75) is 13.5 Å². The Morgan fingerprint density at radius 2 is 2.15 bits per heavy atom. The molecule has 0 saturated carbocycles. The molecule has 1 amide bonds. The highest BCUT2D eigenvalue weighted by Crippen LogP contribution is 2.14. The van der Waals surface area contributed by atoms with Crippen molar-refractivity contribution in [2.24, 2.45) is 5.73 Å². The third kappa shape index (κ3) is 3.58. The molecule has 20 heavy (non-hydrogen) atoms. The van der Waals surface area contributed by atoms with Crippen molar-refractivity contribution in [2.75, 3.05) is 13.2 Å². The average molecular weight is 274 g/mol. The number of primary amides is 1. The number of imidazole rings is 1. The predicted molar refractivity (Wildman–Crippen MR) is 75.5 cm³/mol. The van der Waals surface area contributed by atoms with E-state index in [1.807, 2.05) is 43.5 Å². The van der Waals surface area contributed by atoms with E-state index < -0.39 is 6.09 Å². The third-order valence-corrected chi connectivity index (χ3v) is 2.85. The van der Waals surface area contributed by atoms with Gasteiger partial charge in [0.2, 0.25) is 0 Å². The van der Waals surface area contributed by atoms with Crippen LogP contribution in [0.2, 0.25) is 0 Å². The minimum atomic E-state index is -0.753. The number of nitrogens with zero attached hydrogens (tertiary/aromatic N) is 2. The van der Waals surface area contributed by atoms with Crippen molar-refractivity contribution in [1.82, 2.24) is 14.9 Å². The summed E-state index contributed by atoms with van der Waals surface area (Å²) < 4.78 is 6.74. The van der Waals surface area contributed by atoms with Crippen molar-refractivity contribution >= 4 is 6.09 Å². The Kier molecular flexibility index (Phi) is 4.73. The first-order valence-electron chi connectivity index (χ1n) is 6.40. The lowest BCUT2D eigenvalue weighted by Crippen LogP contribution is -2.24. The van der Waals surface area contributed by atoms with Gasteiger partial charge in [0, 0.05) is 18.8 Å². The smallest absolute Gasteiger partial charge is 0.404 e. The van der Waals surface area contributed by atoms with Crippen LogP contribution in [-0.4, -0.2) is 28.8 Å². The molecule has 106 valence electrons. The zero-order valence-electron chi connectivity index (χ0n) is 11.4. The molecule has 0 radical (unpaired) electrons. The van der Waals surface area contributed by atoms with Gasteiger partial charge in [-0.2, -0.15) is 0 Å². The number of carbonyl (C=O) groups excluding carboxylic acids is 1. The molecule has 0 spiro atoms. The molecule has 0 aliphatic rings. The van der Waals surface area contributed by atoms with Crippen LogP contribution in [0, 0.1) is 6.92 Å². The van der Waals surface area contributed by atoms with Crippen LogP contribution in [0.3, 0.4) is 0 Å². The van der Waals surface area contributed by atoms with Gasteiger partial charge in [0.25, 0.3) is 0 Å². The molecule has 0 bridgehead atoms. The van der Waals surface area contributed by atoms with Gasteiger partial charge < -0.3 is 15.8 Å². The Bertz CT molecular complexity index is 566. The van der Waals surface area contributed by atoms with E-state index in [1.165, 1.54) is 0 Å². The lowest BCUT2D eigenvalue weighted by atomic mass is 10.3. The lowest BCUT2D eigenvalue weighted by Gasteiger charge is -2.11. The Morgan fingerprint density at radius 3 is 2.85 bits per heavy atom.